The monoisotopic (exact) mass is 462 g/mol. The molecule has 1 heterocycles. The number of carbonyl (C=O) groups is 1. The van der Waals surface area contributed by atoms with E-state index in [4.69, 9.17) is 23.2 Å². The smallest absolute Gasteiger partial charge is 0.224 e. The van der Waals surface area contributed by atoms with Gasteiger partial charge in [-0.25, -0.2) is 12.7 Å². The van der Waals surface area contributed by atoms with Gasteiger partial charge in [0, 0.05) is 28.7 Å². The minimum absolute atomic E-state index is 0.0799. The Morgan fingerprint density at radius 2 is 1.86 bits per heavy atom. The van der Waals surface area contributed by atoms with Gasteiger partial charge < -0.3 is 5.32 Å². The molecule has 1 fully saturated rings. The van der Waals surface area contributed by atoms with E-state index in [1.54, 1.807) is 12.1 Å². The zero-order valence-electron chi connectivity index (χ0n) is 17.9. The van der Waals surface area contributed by atoms with Crippen LogP contribution in [0.25, 0.3) is 0 Å². The minimum Gasteiger partial charge on any atom is -0.351 e. The van der Waals surface area contributed by atoms with Crippen LogP contribution in [0, 0.1) is 11.3 Å². The summed E-state index contributed by atoms with van der Waals surface area (Å²) >= 11 is 12.0. The highest BCUT2D eigenvalue weighted by molar-refractivity contribution is 7.88. The first-order valence-electron chi connectivity index (χ1n) is 9.92. The molecule has 1 N–H and O–H groups in total. The zero-order valence-corrected chi connectivity index (χ0v) is 20.2. The fraction of sp³-hybridized carbons (Fsp3) is 0.667. The van der Waals surface area contributed by atoms with E-state index in [9.17, 15) is 13.2 Å². The maximum Gasteiger partial charge on any atom is 0.224 e. The van der Waals surface area contributed by atoms with Crippen LogP contribution in [0.4, 0.5) is 0 Å². The maximum atomic E-state index is 12.9. The molecule has 0 aromatic heterocycles. The molecule has 8 heteroatoms. The van der Waals surface area contributed by atoms with Crippen LogP contribution < -0.4 is 5.32 Å². The fourth-order valence-electron chi connectivity index (χ4n) is 4.14. The van der Waals surface area contributed by atoms with E-state index in [0.29, 0.717) is 35.0 Å². The molecule has 1 aromatic rings. The summed E-state index contributed by atoms with van der Waals surface area (Å²) in [5.74, 6) is -0.630. The first kappa shape index (κ1) is 24.4. The van der Waals surface area contributed by atoms with Gasteiger partial charge in [-0.05, 0) is 56.2 Å². The Kier molecular flexibility index (Phi) is 7.69. The number of rotatable bonds is 6. The first-order valence-corrected chi connectivity index (χ1v) is 12.3. The summed E-state index contributed by atoms with van der Waals surface area (Å²) < 4.78 is 27.3. The topological polar surface area (TPSA) is 66.5 Å². The third-order valence-electron chi connectivity index (χ3n) is 4.94. The van der Waals surface area contributed by atoms with E-state index in [2.05, 4.69) is 26.1 Å². The molecule has 1 amide bonds. The van der Waals surface area contributed by atoms with E-state index >= 15 is 0 Å². The van der Waals surface area contributed by atoms with Crippen LogP contribution in [0.1, 0.15) is 59.4 Å². The van der Waals surface area contributed by atoms with Gasteiger partial charge in [0.05, 0.1) is 11.7 Å². The highest BCUT2D eigenvalue weighted by Crippen LogP contribution is 2.29. The van der Waals surface area contributed by atoms with Gasteiger partial charge in [-0.3, -0.25) is 4.79 Å². The van der Waals surface area contributed by atoms with Crippen molar-refractivity contribution in [3.8, 4) is 0 Å². The first-order chi connectivity index (χ1) is 13.2. The quantitative estimate of drug-likeness (QED) is 0.655. The molecule has 0 aliphatic carbocycles. The van der Waals surface area contributed by atoms with E-state index in [1.165, 1.54) is 10.4 Å². The number of carbonyl (C=O) groups excluding carboxylic acids is 1. The molecule has 0 radical (unpaired) electrons. The predicted molar refractivity (Wildman–Crippen MR) is 120 cm³/mol. The van der Waals surface area contributed by atoms with Gasteiger partial charge in [0.1, 0.15) is 0 Å². The summed E-state index contributed by atoms with van der Waals surface area (Å²) in [7, 11) is -3.58. The van der Waals surface area contributed by atoms with Crippen LogP contribution in [0.3, 0.4) is 0 Å². The Morgan fingerprint density at radius 3 is 2.45 bits per heavy atom. The zero-order chi connectivity index (χ0) is 22.0. The predicted octanol–water partition coefficient (Wildman–Crippen LogP) is 4.87. The van der Waals surface area contributed by atoms with Crippen molar-refractivity contribution >= 4 is 39.1 Å². The van der Waals surface area contributed by atoms with Crippen LogP contribution in [0.2, 0.25) is 10.0 Å². The minimum atomic E-state index is -3.58. The number of benzene rings is 1. The van der Waals surface area contributed by atoms with Crippen molar-refractivity contribution in [1.29, 1.82) is 0 Å². The number of hydrogen-bond donors (Lipinski definition) is 1. The lowest BCUT2D eigenvalue weighted by Gasteiger charge is -2.36. The Labute approximate surface area is 185 Å². The molecule has 0 bridgehead atoms. The van der Waals surface area contributed by atoms with Crippen molar-refractivity contribution in [3.05, 3.63) is 33.8 Å². The Balaban J connectivity index is 2.06. The van der Waals surface area contributed by atoms with Crippen LogP contribution in [0.5, 0.6) is 0 Å². The van der Waals surface area contributed by atoms with E-state index in [1.807, 2.05) is 13.8 Å². The van der Waals surface area contributed by atoms with E-state index in [0.717, 1.165) is 6.42 Å². The molecular formula is C21H32Cl2N2O3S. The lowest BCUT2D eigenvalue weighted by Crippen LogP contribution is -2.52. The molecule has 1 aliphatic rings. The summed E-state index contributed by atoms with van der Waals surface area (Å²) in [6, 6.07) is 4.80. The summed E-state index contributed by atoms with van der Waals surface area (Å²) in [5, 5.41) is 3.92. The van der Waals surface area contributed by atoms with Gasteiger partial charge in [-0.2, -0.15) is 0 Å². The molecule has 5 nitrogen and oxygen atoms in total. The molecule has 164 valence electrons. The largest absolute Gasteiger partial charge is 0.351 e. The van der Waals surface area contributed by atoms with Gasteiger partial charge >= 0.3 is 0 Å². The number of sulfonamides is 1. The lowest BCUT2D eigenvalue weighted by molar-refractivity contribution is -0.128. The number of nitrogens with one attached hydrogen (secondary N) is 1. The van der Waals surface area contributed by atoms with E-state index in [-0.39, 0.29) is 35.1 Å². The van der Waals surface area contributed by atoms with Crippen molar-refractivity contribution in [2.45, 2.75) is 65.2 Å². The molecule has 0 saturated carbocycles. The highest BCUT2D eigenvalue weighted by atomic mass is 35.5. The fourth-order valence-corrected chi connectivity index (χ4v) is 6.34. The normalized spacial score (nSPS) is 19.2. The number of halogens is 2. The summed E-state index contributed by atoms with van der Waals surface area (Å²) in [6.07, 6.45) is 2.17. The molecule has 0 spiro atoms. The van der Waals surface area contributed by atoms with Gasteiger partial charge in [-0.15, -0.1) is 0 Å². The summed E-state index contributed by atoms with van der Waals surface area (Å²) in [4.78, 5) is 12.9. The van der Waals surface area contributed by atoms with Crippen LogP contribution >= 0.6 is 23.2 Å². The third-order valence-corrected chi connectivity index (χ3v) is 7.32. The van der Waals surface area contributed by atoms with Crippen LogP contribution in [0.15, 0.2) is 18.2 Å². The average Bonchev–Trinajstić information content (AvgIpc) is 2.55. The SMILES string of the molecule is CC(C)(C)CC(C)(C)NC(=O)C1CCCN(S(=O)(=O)Cc2ccc(Cl)cc2Cl)C1. The van der Waals surface area contributed by atoms with E-state index < -0.39 is 10.0 Å². The third kappa shape index (κ3) is 7.42. The van der Waals surface area contributed by atoms with Gasteiger partial charge in [0.15, 0.2) is 0 Å². The second-order valence-electron chi connectivity index (χ2n) is 9.80. The second-order valence-corrected chi connectivity index (χ2v) is 12.6. The summed E-state index contributed by atoms with van der Waals surface area (Å²) in [5.41, 5.74) is 0.234. The molecule has 1 aromatic carbocycles. The van der Waals surface area contributed by atoms with Crippen molar-refractivity contribution in [3.63, 3.8) is 0 Å². The summed E-state index contributed by atoms with van der Waals surface area (Å²) in [6.45, 7) is 11.0. The standard InChI is InChI=1S/C21H32Cl2N2O3S/c1-20(2,3)14-21(4,5)24-19(26)15-7-6-10-25(12-15)29(27,28)13-16-8-9-17(22)11-18(16)23/h8-9,11,15H,6-7,10,12-14H2,1-5H3,(H,24,26). The number of piperidine rings is 1. The molecular weight excluding hydrogens is 431 g/mol. The maximum absolute atomic E-state index is 12.9. The second kappa shape index (κ2) is 9.13. The van der Waals surface area contributed by atoms with Gasteiger partial charge in [0.25, 0.3) is 0 Å². The Morgan fingerprint density at radius 1 is 1.21 bits per heavy atom. The van der Waals surface area contributed by atoms with Crippen LogP contribution in [-0.2, 0) is 20.6 Å². The average molecular weight is 463 g/mol. The molecule has 1 unspecified atom stereocenters. The van der Waals surface area contributed by atoms with Gasteiger partial charge in [-0.1, -0.05) is 50.0 Å². The Bertz CT molecular complexity index is 848. The van der Waals surface area contributed by atoms with Crippen molar-refractivity contribution in [2.24, 2.45) is 11.3 Å². The van der Waals surface area contributed by atoms with Crippen LogP contribution in [-0.4, -0.2) is 37.3 Å². The number of amides is 1. The highest BCUT2D eigenvalue weighted by Gasteiger charge is 2.35. The number of nitrogens with zero attached hydrogens (tertiary/aromatic N) is 1. The molecule has 2 rings (SSSR count). The number of hydrogen-bond acceptors (Lipinski definition) is 3. The van der Waals surface area contributed by atoms with Crippen molar-refractivity contribution in [2.75, 3.05) is 13.1 Å². The van der Waals surface area contributed by atoms with Crippen molar-refractivity contribution in [1.82, 2.24) is 9.62 Å². The van der Waals surface area contributed by atoms with Crippen molar-refractivity contribution < 1.29 is 13.2 Å². The molecule has 1 saturated heterocycles. The van der Waals surface area contributed by atoms with Gasteiger partial charge in [0.2, 0.25) is 15.9 Å². The molecule has 1 atom stereocenters. The Hall–Kier alpha value is -0.820. The molecule has 29 heavy (non-hydrogen) atoms. The molecule has 1 aliphatic heterocycles. The lowest BCUT2D eigenvalue weighted by atomic mass is 9.81.